The van der Waals surface area contributed by atoms with Crippen LogP contribution >= 0.6 is 11.8 Å². The Hall–Kier alpha value is -4.37. The summed E-state index contributed by atoms with van der Waals surface area (Å²) in [6.45, 7) is 6.20. The Bertz CT molecular complexity index is 1490. The smallest absolute Gasteiger partial charge is 0.251 e. The molecule has 2 heterocycles. The average Bonchev–Trinajstić information content (AvgIpc) is 3.41. The van der Waals surface area contributed by atoms with Gasteiger partial charge in [0.1, 0.15) is 6.04 Å². The zero-order valence-electron chi connectivity index (χ0n) is 22.6. The summed E-state index contributed by atoms with van der Waals surface area (Å²) in [7, 11) is 0. The summed E-state index contributed by atoms with van der Waals surface area (Å²) in [5.74, 6) is 0.724. The van der Waals surface area contributed by atoms with Crippen LogP contribution in [0, 0.1) is 20.8 Å². The number of thioether (sulfide) groups is 1. The molecule has 8 nitrogen and oxygen atoms in total. The Morgan fingerprint density at radius 3 is 2.33 bits per heavy atom. The molecule has 0 unspecified atom stereocenters. The molecule has 4 aromatic rings. The van der Waals surface area contributed by atoms with Crippen LogP contribution in [0.5, 0.6) is 11.5 Å². The number of rotatable bonds is 9. The molecule has 0 spiro atoms. The number of hydrogen-bond donors (Lipinski definition) is 1. The molecule has 0 radical (unpaired) electrons. The van der Waals surface area contributed by atoms with Gasteiger partial charge in [0, 0.05) is 29.7 Å². The van der Waals surface area contributed by atoms with Crippen LogP contribution in [0.3, 0.4) is 0 Å². The normalized spacial score (nSPS) is 12.6. The molecule has 1 atom stereocenters. The van der Waals surface area contributed by atoms with E-state index in [1.54, 1.807) is 23.1 Å². The topological polar surface area (TPSA) is 93.7 Å². The Morgan fingerprint density at radius 2 is 1.60 bits per heavy atom. The molecule has 1 aromatic heterocycles. The molecule has 3 aromatic carbocycles. The van der Waals surface area contributed by atoms with Crippen LogP contribution in [0.25, 0.3) is 0 Å². The van der Waals surface area contributed by atoms with Gasteiger partial charge in [0.15, 0.2) is 16.7 Å². The summed E-state index contributed by atoms with van der Waals surface area (Å²) in [5, 5.41) is 3.52. The minimum absolute atomic E-state index is 0.0788. The van der Waals surface area contributed by atoms with E-state index < -0.39 is 6.04 Å². The van der Waals surface area contributed by atoms with Gasteiger partial charge in [0.25, 0.3) is 5.91 Å². The first-order valence-corrected chi connectivity index (χ1v) is 13.9. The van der Waals surface area contributed by atoms with Crippen LogP contribution in [0.4, 0.5) is 5.69 Å². The predicted octanol–water partition coefficient (Wildman–Crippen LogP) is 5.63. The molecule has 1 N–H and O–H groups in total. The van der Waals surface area contributed by atoms with Crippen LogP contribution in [0.2, 0.25) is 0 Å². The lowest BCUT2D eigenvalue weighted by Gasteiger charge is -2.31. The van der Waals surface area contributed by atoms with Crippen molar-refractivity contribution >= 4 is 29.3 Å². The first kappa shape index (κ1) is 27.2. The van der Waals surface area contributed by atoms with Gasteiger partial charge in [-0.3, -0.25) is 9.59 Å². The van der Waals surface area contributed by atoms with Crippen LogP contribution in [-0.2, 0) is 16.1 Å². The second-order valence-electron chi connectivity index (χ2n) is 9.60. The molecule has 40 heavy (non-hydrogen) atoms. The van der Waals surface area contributed by atoms with Crippen molar-refractivity contribution in [2.24, 2.45) is 0 Å². The summed E-state index contributed by atoms with van der Waals surface area (Å²) in [5.41, 5.74) is 4.96. The van der Waals surface area contributed by atoms with Crippen molar-refractivity contribution in [1.82, 2.24) is 14.9 Å². The maximum Gasteiger partial charge on any atom is 0.251 e. The molecule has 0 saturated carbocycles. The van der Waals surface area contributed by atoms with E-state index in [0.29, 0.717) is 27.9 Å². The van der Waals surface area contributed by atoms with Gasteiger partial charge >= 0.3 is 0 Å². The Balaban J connectivity index is 1.46. The maximum absolute atomic E-state index is 14.0. The number of nitrogens with zero attached hydrogens (tertiary/aromatic N) is 3. The number of benzene rings is 3. The minimum atomic E-state index is -0.888. The molecule has 0 saturated heterocycles. The number of ether oxygens (including phenoxy) is 2. The average molecular weight is 555 g/mol. The number of fused-ring (bicyclic) bond motifs is 1. The number of nitrogens with one attached hydrogen (secondary N) is 1. The Morgan fingerprint density at radius 1 is 0.900 bits per heavy atom. The van der Waals surface area contributed by atoms with Gasteiger partial charge in [-0.1, -0.05) is 71.9 Å². The van der Waals surface area contributed by atoms with Crippen LogP contribution in [0.15, 0.2) is 84.0 Å². The van der Waals surface area contributed by atoms with Crippen molar-refractivity contribution in [3.63, 3.8) is 0 Å². The van der Waals surface area contributed by atoms with Gasteiger partial charge in [-0.15, -0.1) is 0 Å². The van der Waals surface area contributed by atoms with Gasteiger partial charge in [0.2, 0.25) is 12.7 Å². The zero-order valence-corrected chi connectivity index (χ0v) is 23.4. The Kier molecular flexibility index (Phi) is 8.31. The second kappa shape index (κ2) is 12.2. The highest BCUT2D eigenvalue weighted by Crippen LogP contribution is 2.35. The highest BCUT2D eigenvalue weighted by molar-refractivity contribution is 7.99. The third-order valence-electron chi connectivity index (χ3n) is 6.40. The van der Waals surface area contributed by atoms with Crippen molar-refractivity contribution in [3.05, 3.63) is 107 Å². The van der Waals surface area contributed by atoms with E-state index in [1.165, 1.54) is 11.8 Å². The first-order chi connectivity index (χ1) is 19.4. The molecule has 2 amide bonds. The molecule has 0 aliphatic carbocycles. The van der Waals surface area contributed by atoms with E-state index in [0.717, 1.165) is 22.5 Å². The standard InChI is InChI=1S/C31H30N4O4S/c1-20-9-11-23(12-10-20)17-35(28(36)18-40-31-32-21(2)15-22(3)33-31)29(24-7-5-4-6-8-24)30(37)34-25-13-14-26-27(16-25)39-19-38-26/h4-16,29H,17-19H2,1-3H3,(H,34,37)/t29-/m0/s1. The van der Waals surface area contributed by atoms with Crippen molar-refractivity contribution in [3.8, 4) is 11.5 Å². The molecule has 5 rings (SSSR count). The summed E-state index contributed by atoms with van der Waals surface area (Å²) in [4.78, 5) is 38.4. The maximum atomic E-state index is 14.0. The molecule has 9 heteroatoms. The van der Waals surface area contributed by atoms with E-state index in [9.17, 15) is 9.59 Å². The monoisotopic (exact) mass is 554 g/mol. The highest BCUT2D eigenvalue weighted by Gasteiger charge is 2.32. The third-order valence-corrected chi connectivity index (χ3v) is 7.23. The van der Waals surface area contributed by atoms with Crippen LogP contribution in [-0.4, -0.2) is 39.2 Å². The number of aromatic nitrogens is 2. The Labute approximate surface area is 237 Å². The number of carbonyl (C=O) groups is 2. The zero-order chi connectivity index (χ0) is 28.1. The predicted molar refractivity (Wildman–Crippen MR) is 154 cm³/mol. The van der Waals surface area contributed by atoms with E-state index in [-0.39, 0.29) is 30.9 Å². The lowest BCUT2D eigenvalue weighted by Crippen LogP contribution is -2.41. The highest BCUT2D eigenvalue weighted by atomic mass is 32.2. The summed E-state index contributed by atoms with van der Waals surface area (Å²) in [6, 6.07) is 23.5. The molecule has 1 aliphatic heterocycles. The molecule has 0 fully saturated rings. The van der Waals surface area contributed by atoms with E-state index in [1.807, 2.05) is 81.4 Å². The van der Waals surface area contributed by atoms with E-state index in [4.69, 9.17) is 9.47 Å². The van der Waals surface area contributed by atoms with E-state index in [2.05, 4.69) is 15.3 Å². The number of amides is 2. The van der Waals surface area contributed by atoms with Gasteiger partial charge < -0.3 is 19.7 Å². The molecular formula is C31H30N4O4S. The van der Waals surface area contributed by atoms with Gasteiger partial charge in [0.05, 0.1) is 5.75 Å². The number of carbonyl (C=O) groups excluding carboxylic acids is 2. The minimum Gasteiger partial charge on any atom is -0.454 e. The number of anilines is 1. The molecule has 204 valence electrons. The fraction of sp³-hybridized carbons (Fsp3) is 0.226. The number of hydrogen-bond acceptors (Lipinski definition) is 7. The van der Waals surface area contributed by atoms with E-state index >= 15 is 0 Å². The van der Waals surface area contributed by atoms with Gasteiger partial charge in [-0.05, 0) is 50.1 Å². The largest absolute Gasteiger partial charge is 0.454 e. The molecule has 1 aliphatic rings. The van der Waals surface area contributed by atoms with Crippen molar-refractivity contribution in [1.29, 1.82) is 0 Å². The SMILES string of the molecule is Cc1ccc(CN(C(=O)CSc2nc(C)cc(C)n2)[C@H](C(=O)Nc2ccc3c(c2)OCO3)c2ccccc2)cc1. The lowest BCUT2D eigenvalue weighted by molar-refractivity contribution is -0.137. The van der Waals surface area contributed by atoms with Crippen LogP contribution in [0.1, 0.15) is 34.1 Å². The molecular weight excluding hydrogens is 524 g/mol. The fourth-order valence-electron chi connectivity index (χ4n) is 4.47. The second-order valence-corrected chi connectivity index (χ2v) is 10.5. The summed E-state index contributed by atoms with van der Waals surface area (Å²) in [6.07, 6.45) is 0. The fourth-order valence-corrected chi connectivity index (χ4v) is 5.31. The third kappa shape index (κ3) is 6.60. The molecule has 0 bridgehead atoms. The van der Waals surface area contributed by atoms with Crippen LogP contribution < -0.4 is 14.8 Å². The van der Waals surface area contributed by atoms with Crippen molar-refractivity contribution in [2.45, 2.75) is 38.5 Å². The van der Waals surface area contributed by atoms with Crippen molar-refractivity contribution < 1.29 is 19.1 Å². The first-order valence-electron chi connectivity index (χ1n) is 12.9. The quantitative estimate of drug-likeness (QED) is 0.212. The van der Waals surface area contributed by atoms with Gasteiger partial charge in [-0.25, -0.2) is 9.97 Å². The summed E-state index contributed by atoms with van der Waals surface area (Å²) >= 11 is 1.26. The summed E-state index contributed by atoms with van der Waals surface area (Å²) < 4.78 is 10.9. The number of aryl methyl sites for hydroxylation is 3. The van der Waals surface area contributed by atoms with Crippen molar-refractivity contribution in [2.75, 3.05) is 17.9 Å². The lowest BCUT2D eigenvalue weighted by atomic mass is 10.0. The van der Waals surface area contributed by atoms with Gasteiger partial charge in [-0.2, -0.15) is 0 Å².